The van der Waals surface area contributed by atoms with Crippen LogP contribution in [0.15, 0.2) is 29.3 Å². The summed E-state index contributed by atoms with van der Waals surface area (Å²) < 4.78 is 0. The molecule has 2 heterocycles. The number of nitriles is 1. The Bertz CT molecular complexity index is 1000. The Hall–Kier alpha value is -2.63. The number of hydrogen-bond donors (Lipinski definition) is 2. The van der Waals surface area contributed by atoms with Crippen LogP contribution < -0.4 is 11.1 Å². The fourth-order valence-electron chi connectivity index (χ4n) is 3.24. The van der Waals surface area contributed by atoms with Crippen LogP contribution >= 0.6 is 23.1 Å². The molecule has 1 aromatic heterocycles. The van der Waals surface area contributed by atoms with Crippen molar-refractivity contribution in [1.82, 2.24) is 0 Å². The highest BCUT2D eigenvalue weighted by Crippen LogP contribution is 2.44. The number of nitrogens with zero attached hydrogens (tertiary/aromatic N) is 2. The normalized spacial score (nSPS) is 17.9. The maximum absolute atomic E-state index is 12.4. The van der Waals surface area contributed by atoms with Crippen LogP contribution in [0.4, 0.5) is 5.00 Å². The van der Waals surface area contributed by atoms with Gasteiger partial charge in [0, 0.05) is 16.9 Å². The predicted molar refractivity (Wildman–Crippen MR) is 103 cm³/mol. The van der Waals surface area contributed by atoms with Crippen LogP contribution in [0.1, 0.15) is 22.4 Å². The second kappa shape index (κ2) is 6.59. The van der Waals surface area contributed by atoms with Crippen molar-refractivity contribution in [2.75, 3.05) is 5.32 Å². The van der Waals surface area contributed by atoms with E-state index in [0.29, 0.717) is 10.6 Å². The average molecular weight is 382 g/mol. The van der Waals surface area contributed by atoms with Gasteiger partial charge in [-0.2, -0.15) is 10.3 Å². The van der Waals surface area contributed by atoms with Gasteiger partial charge >= 0.3 is 0 Å². The summed E-state index contributed by atoms with van der Waals surface area (Å²) in [4.78, 5) is 28.8. The number of thioether (sulfide) groups is 1. The Balaban J connectivity index is 1.59. The Labute approximate surface area is 158 Å². The van der Waals surface area contributed by atoms with Gasteiger partial charge in [-0.05, 0) is 24.0 Å². The first-order chi connectivity index (χ1) is 12.6. The van der Waals surface area contributed by atoms with Gasteiger partial charge < -0.3 is 11.1 Å². The summed E-state index contributed by atoms with van der Waals surface area (Å²) in [6.45, 7) is 0. The van der Waals surface area contributed by atoms with E-state index in [1.807, 2.05) is 18.2 Å². The monoisotopic (exact) mass is 382 g/mol. The summed E-state index contributed by atoms with van der Waals surface area (Å²) in [5.74, 6) is -0.702. The number of amidine groups is 1. The smallest absolute Gasteiger partial charge is 0.262 e. The summed E-state index contributed by atoms with van der Waals surface area (Å²) in [5, 5.41) is 12.6. The zero-order chi connectivity index (χ0) is 18.3. The second-order valence-electron chi connectivity index (χ2n) is 6.02. The minimum absolute atomic E-state index is 0.0161. The summed E-state index contributed by atoms with van der Waals surface area (Å²) in [5.41, 5.74) is 9.21. The van der Waals surface area contributed by atoms with E-state index < -0.39 is 5.25 Å². The molecule has 1 unspecified atom stereocenters. The molecule has 2 amide bonds. The van der Waals surface area contributed by atoms with Crippen molar-refractivity contribution in [2.45, 2.75) is 24.5 Å². The molecule has 2 aromatic rings. The first-order valence-corrected chi connectivity index (χ1v) is 9.75. The van der Waals surface area contributed by atoms with E-state index in [2.05, 4.69) is 22.4 Å². The third-order valence-electron chi connectivity index (χ3n) is 4.38. The molecule has 4 rings (SSSR count). The highest BCUT2D eigenvalue weighted by Gasteiger charge is 2.30. The molecule has 0 fully saturated rings. The van der Waals surface area contributed by atoms with Crippen molar-refractivity contribution < 1.29 is 9.59 Å². The van der Waals surface area contributed by atoms with Crippen molar-refractivity contribution >= 4 is 45.1 Å². The van der Waals surface area contributed by atoms with Crippen LogP contribution in [0.5, 0.6) is 0 Å². The fourth-order valence-corrected chi connectivity index (χ4v) is 5.24. The molecule has 0 spiro atoms. The van der Waals surface area contributed by atoms with Gasteiger partial charge in [0.15, 0.2) is 5.17 Å². The van der Waals surface area contributed by atoms with E-state index in [1.165, 1.54) is 16.9 Å². The molecule has 1 aromatic carbocycles. The van der Waals surface area contributed by atoms with Crippen molar-refractivity contribution in [3.05, 3.63) is 40.3 Å². The molecule has 0 saturated heterocycles. The van der Waals surface area contributed by atoms with Crippen molar-refractivity contribution in [2.24, 2.45) is 10.7 Å². The lowest BCUT2D eigenvalue weighted by atomic mass is 9.88. The van der Waals surface area contributed by atoms with E-state index in [1.54, 1.807) is 0 Å². The topological polar surface area (TPSA) is 108 Å². The Morgan fingerprint density at radius 3 is 2.92 bits per heavy atom. The number of nitrogens with one attached hydrogen (secondary N) is 1. The lowest BCUT2D eigenvalue weighted by Crippen LogP contribution is -2.21. The van der Waals surface area contributed by atoms with Gasteiger partial charge in [-0.15, -0.1) is 11.3 Å². The minimum Gasteiger partial charge on any atom is -0.378 e. The molecule has 3 N–H and O–H groups in total. The molecular weight excluding hydrogens is 368 g/mol. The zero-order valence-corrected chi connectivity index (χ0v) is 15.2. The minimum atomic E-state index is -0.587. The summed E-state index contributed by atoms with van der Waals surface area (Å²) >= 11 is 2.53. The van der Waals surface area contributed by atoms with Gasteiger partial charge in [0.1, 0.15) is 16.3 Å². The molecule has 8 heteroatoms. The number of fused-ring (bicyclic) bond motifs is 3. The highest BCUT2D eigenvalue weighted by molar-refractivity contribution is 8.15. The Kier molecular flexibility index (Phi) is 4.26. The number of rotatable bonds is 3. The molecule has 1 aliphatic heterocycles. The molecule has 6 nitrogen and oxygen atoms in total. The number of amides is 2. The number of thiophene rings is 1. The number of carbonyl (C=O) groups is 2. The molecule has 1 atom stereocenters. The van der Waals surface area contributed by atoms with Crippen LogP contribution in [0.25, 0.3) is 11.1 Å². The first kappa shape index (κ1) is 16.8. The molecule has 130 valence electrons. The van der Waals surface area contributed by atoms with Crippen molar-refractivity contribution in [3.63, 3.8) is 0 Å². The summed E-state index contributed by atoms with van der Waals surface area (Å²) in [7, 11) is 0. The van der Waals surface area contributed by atoms with E-state index in [0.717, 1.165) is 40.6 Å². The average Bonchev–Trinajstić information content (AvgIpc) is 3.13. The second-order valence-corrected chi connectivity index (χ2v) is 8.35. The summed E-state index contributed by atoms with van der Waals surface area (Å²) in [6.07, 6.45) is 1.76. The molecule has 2 aliphatic rings. The quantitative estimate of drug-likeness (QED) is 0.848. The molecule has 0 bridgehead atoms. The molecule has 0 radical (unpaired) electrons. The van der Waals surface area contributed by atoms with Gasteiger partial charge in [-0.25, -0.2) is 0 Å². The van der Waals surface area contributed by atoms with E-state index in [9.17, 15) is 14.9 Å². The Morgan fingerprint density at radius 2 is 2.19 bits per heavy atom. The first-order valence-electron chi connectivity index (χ1n) is 8.05. The van der Waals surface area contributed by atoms with Crippen LogP contribution in [0, 0.1) is 11.3 Å². The van der Waals surface area contributed by atoms with Crippen LogP contribution in [-0.2, 0) is 22.4 Å². The molecule has 1 aliphatic carbocycles. The van der Waals surface area contributed by atoms with Gasteiger partial charge in [0.2, 0.25) is 5.91 Å². The van der Waals surface area contributed by atoms with E-state index >= 15 is 0 Å². The summed E-state index contributed by atoms with van der Waals surface area (Å²) in [6, 6.07) is 10.3. The van der Waals surface area contributed by atoms with Gasteiger partial charge in [-0.3, -0.25) is 9.59 Å². The number of carbonyl (C=O) groups excluding carboxylic acids is 2. The van der Waals surface area contributed by atoms with Crippen LogP contribution in [-0.4, -0.2) is 22.2 Å². The van der Waals surface area contributed by atoms with E-state index in [-0.39, 0.29) is 23.4 Å². The van der Waals surface area contributed by atoms with Gasteiger partial charge in [-0.1, -0.05) is 36.0 Å². The lowest BCUT2D eigenvalue weighted by Gasteiger charge is -2.16. The molecular formula is C18H14N4O2S2. The zero-order valence-electron chi connectivity index (χ0n) is 13.6. The third kappa shape index (κ3) is 2.89. The van der Waals surface area contributed by atoms with Gasteiger partial charge in [0.05, 0.1) is 5.56 Å². The van der Waals surface area contributed by atoms with Crippen LogP contribution in [0.2, 0.25) is 0 Å². The standard InChI is InChI=1S/C18H14N4O2S2/c19-8-11-15-10-4-2-1-3-9(10)5-6-12(15)25-17(11)21-14(23)7-13-16(24)22-18(20)26-13/h1-4,13H,5-7H2,(H,21,23)(H2,20,22,24). The van der Waals surface area contributed by atoms with Gasteiger partial charge in [0.25, 0.3) is 5.91 Å². The number of anilines is 1. The lowest BCUT2D eigenvalue weighted by molar-refractivity contribution is -0.121. The predicted octanol–water partition coefficient (Wildman–Crippen LogP) is 2.67. The number of aryl methyl sites for hydroxylation is 2. The fraction of sp³-hybridized carbons (Fsp3) is 0.222. The number of benzene rings is 1. The number of hydrogen-bond acceptors (Lipinski definition) is 6. The Morgan fingerprint density at radius 1 is 1.38 bits per heavy atom. The van der Waals surface area contributed by atoms with Crippen molar-refractivity contribution in [1.29, 1.82) is 5.26 Å². The molecule has 26 heavy (non-hydrogen) atoms. The maximum Gasteiger partial charge on any atom is 0.262 e. The number of nitrogens with two attached hydrogens (primary N) is 1. The SMILES string of the molecule is N#Cc1c(NC(=O)CC2SC(N)=NC2=O)sc2c1-c1ccccc1CC2. The largest absolute Gasteiger partial charge is 0.378 e. The number of aliphatic imine (C=N–C) groups is 1. The third-order valence-corrected chi connectivity index (χ3v) is 6.53. The van der Waals surface area contributed by atoms with E-state index in [4.69, 9.17) is 5.73 Å². The maximum atomic E-state index is 12.4. The molecule has 0 saturated carbocycles. The van der Waals surface area contributed by atoms with Crippen molar-refractivity contribution in [3.8, 4) is 17.2 Å². The highest BCUT2D eigenvalue weighted by atomic mass is 32.2. The van der Waals surface area contributed by atoms with Crippen LogP contribution in [0.3, 0.4) is 0 Å².